The molecular formula is C41H63FN5O9P. The van der Waals surface area contributed by atoms with E-state index in [4.69, 9.17) is 29.0 Å². The first kappa shape index (κ1) is 46.5. The molecule has 1 aromatic carbocycles. The van der Waals surface area contributed by atoms with Crippen LogP contribution in [0.25, 0.3) is 5.52 Å². The number of nitriles is 1. The molecule has 2 aromatic heterocycles. The van der Waals surface area contributed by atoms with Crippen LogP contribution in [-0.2, 0) is 28.7 Å². The molecule has 0 bridgehead atoms. The predicted octanol–water partition coefficient (Wildman–Crippen LogP) is 7.77. The number of nitrogens with zero attached hydrogens (tertiary/aromatic N) is 4. The van der Waals surface area contributed by atoms with Crippen molar-refractivity contribution in [3.63, 3.8) is 0 Å². The molecule has 1 saturated heterocycles. The number of phosphoric ester groups is 1. The van der Waals surface area contributed by atoms with Gasteiger partial charge in [-0.3, -0.25) is 9.05 Å². The van der Waals surface area contributed by atoms with Crippen LogP contribution in [0.5, 0.6) is 5.75 Å². The summed E-state index contributed by atoms with van der Waals surface area (Å²) in [6.07, 6.45) is 19.8. The minimum atomic E-state index is -4.74. The van der Waals surface area contributed by atoms with E-state index in [2.05, 4.69) is 17.0 Å². The molecule has 1 fully saturated rings. The number of nitrogen functional groups attached to an aromatic ring is 1. The Morgan fingerprint density at radius 3 is 2.25 bits per heavy atom. The van der Waals surface area contributed by atoms with Crippen molar-refractivity contribution in [2.75, 3.05) is 45.4 Å². The lowest BCUT2D eigenvalue weighted by Crippen LogP contribution is -2.49. The molecule has 3 heterocycles. The number of benzene rings is 1. The Kier molecular flexibility index (Phi) is 19.1. The van der Waals surface area contributed by atoms with Gasteiger partial charge in [0.15, 0.2) is 11.4 Å². The van der Waals surface area contributed by atoms with Crippen molar-refractivity contribution >= 4 is 19.2 Å². The van der Waals surface area contributed by atoms with Gasteiger partial charge in [-0.1, -0.05) is 103 Å². The molecule has 1 aliphatic heterocycles. The summed E-state index contributed by atoms with van der Waals surface area (Å²) in [6, 6.07) is 8.64. The number of nitrogens with two attached hydrogens (primary N) is 1. The molecule has 16 heteroatoms. The zero-order chi connectivity index (χ0) is 41.2. The smallest absolute Gasteiger partial charge is 0.472 e. The Balaban J connectivity index is 1.19. The van der Waals surface area contributed by atoms with Gasteiger partial charge in [0.2, 0.25) is 0 Å². The highest BCUT2D eigenvalue weighted by molar-refractivity contribution is 7.47. The summed E-state index contributed by atoms with van der Waals surface area (Å²) < 4.78 is 56.5. The van der Waals surface area contributed by atoms with Crippen LogP contribution in [-0.4, -0.2) is 81.1 Å². The highest BCUT2D eigenvalue weighted by Crippen LogP contribution is 2.48. The minimum Gasteiger partial charge on any atom is -0.493 e. The Morgan fingerprint density at radius 2 is 1.61 bits per heavy atom. The van der Waals surface area contributed by atoms with Crippen molar-refractivity contribution in [1.29, 1.82) is 5.26 Å². The van der Waals surface area contributed by atoms with Gasteiger partial charge in [-0.15, -0.1) is 0 Å². The van der Waals surface area contributed by atoms with Crippen LogP contribution < -0.4 is 10.5 Å². The molecule has 4 rings (SSSR count). The standard InChI is InChI=1S/C41H63FN5O9P/c1-3-4-5-6-7-8-9-10-11-12-13-14-15-16-17-18-21-52-26-33(27-53-35-23-32(25-43)22-34(42)24-35)28-55-57(50,51)56-29-40(2)39(48)41(49,30-54-40)37-20-19-36-38(44)45-31-46-47(36)37/h19-20,22-24,31,33,39,48-49H,3-18,21,26-30H2,1-2H3,(H,50,51)(H2,44,45,46)/t33-,39+,40+,41-/m0/s1. The fourth-order valence-electron chi connectivity index (χ4n) is 7.07. The van der Waals surface area contributed by atoms with Crippen LogP contribution in [0.3, 0.4) is 0 Å². The summed E-state index contributed by atoms with van der Waals surface area (Å²) in [7, 11) is -4.74. The van der Waals surface area contributed by atoms with Crippen molar-refractivity contribution in [3.8, 4) is 11.8 Å². The van der Waals surface area contributed by atoms with E-state index in [9.17, 15) is 29.3 Å². The zero-order valence-electron chi connectivity index (χ0n) is 33.7. The maximum absolute atomic E-state index is 14.0. The van der Waals surface area contributed by atoms with Gasteiger partial charge < -0.3 is 35.1 Å². The third kappa shape index (κ3) is 14.5. The molecule has 5 N–H and O–H groups in total. The Hall–Kier alpha value is -3.19. The normalized spacial score (nSPS) is 21.1. The molecule has 0 saturated carbocycles. The number of hydrogen-bond acceptors (Lipinski definition) is 12. The van der Waals surface area contributed by atoms with Gasteiger partial charge in [0, 0.05) is 18.6 Å². The van der Waals surface area contributed by atoms with Crippen LogP contribution in [0.1, 0.15) is 128 Å². The quantitative estimate of drug-likeness (QED) is 0.0391. The second-order valence-electron chi connectivity index (χ2n) is 15.5. The summed E-state index contributed by atoms with van der Waals surface area (Å²) in [5.74, 6) is -0.912. The number of rotatable bonds is 29. The lowest BCUT2D eigenvalue weighted by atomic mass is 9.86. The maximum Gasteiger partial charge on any atom is 0.472 e. The summed E-state index contributed by atoms with van der Waals surface area (Å²) in [4.78, 5) is 14.6. The number of aliphatic hydroxyl groups excluding tert-OH is 1. The Labute approximate surface area is 336 Å². The molecule has 57 heavy (non-hydrogen) atoms. The number of unbranched alkanes of at least 4 members (excludes halogenated alkanes) is 15. The van der Waals surface area contributed by atoms with E-state index in [1.54, 1.807) is 6.07 Å². The molecule has 14 nitrogen and oxygen atoms in total. The summed E-state index contributed by atoms with van der Waals surface area (Å²) >= 11 is 0. The monoisotopic (exact) mass is 819 g/mol. The van der Waals surface area contributed by atoms with E-state index in [1.807, 2.05) is 6.07 Å². The first-order valence-electron chi connectivity index (χ1n) is 20.6. The van der Waals surface area contributed by atoms with Gasteiger partial charge in [-0.25, -0.2) is 18.5 Å². The predicted molar refractivity (Wildman–Crippen MR) is 214 cm³/mol. The van der Waals surface area contributed by atoms with Gasteiger partial charge in [0.05, 0.1) is 50.4 Å². The van der Waals surface area contributed by atoms with Crippen LogP contribution in [0.2, 0.25) is 0 Å². The Bertz CT molecular complexity index is 1740. The molecule has 0 spiro atoms. The van der Waals surface area contributed by atoms with Crippen LogP contribution in [0, 0.1) is 23.1 Å². The van der Waals surface area contributed by atoms with Gasteiger partial charge in [0.25, 0.3) is 0 Å². The summed E-state index contributed by atoms with van der Waals surface area (Å²) in [5, 5.41) is 36.1. The third-order valence-electron chi connectivity index (χ3n) is 10.5. The van der Waals surface area contributed by atoms with E-state index in [1.165, 1.54) is 113 Å². The van der Waals surface area contributed by atoms with Crippen molar-refractivity contribution in [2.24, 2.45) is 5.92 Å². The topological polar surface area (TPSA) is 204 Å². The van der Waals surface area contributed by atoms with Gasteiger partial charge in [-0.2, -0.15) is 10.4 Å². The van der Waals surface area contributed by atoms with Gasteiger partial charge >= 0.3 is 7.82 Å². The molecule has 0 radical (unpaired) electrons. The van der Waals surface area contributed by atoms with Crippen molar-refractivity contribution in [1.82, 2.24) is 14.6 Å². The molecule has 5 atom stereocenters. The average molecular weight is 820 g/mol. The Morgan fingerprint density at radius 1 is 0.982 bits per heavy atom. The van der Waals surface area contributed by atoms with Crippen molar-refractivity contribution in [3.05, 3.63) is 53.7 Å². The van der Waals surface area contributed by atoms with Crippen LogP contribution in [0.15, 0.2) is 36.7 Å². The lowest BCUT2D eigenvalue weighted by Gasteiger charge is -2.32. The highest BCUT2D eigenvalue weighted by atomic mass is 31.2. The molecule has 0 amide bonds. The number of anilines is 1. The molecule has 0 aliphatic carbocycles. The first-order valence-corrected chi connectivity index (χ1v) is 22.1. The van der Waals surface area contributed by atoms with Crippen LogP contribution in [0.4, 0.5) is 10.2 Å². The zero-order valence-corrected chi connectivity index (χ0v) is 34.6. The van der Waals surface area contributed by atoms with Crippen molar-refractivity contribution in [2.45, 2.75) is 134 Å². The second-order valence-corrected chi connectivity index (χ2v) is 16.9. The average Bonchev–Trinajstić information content (AvgIpc) is 3.74. The molecular weight excluding hydrogens is 756 g/mol. The van der Waals surface area contributed by atoms with E-state index in [0.29, 0.717) is 12.1 Å². The second kappa shape index (κ2) is 23.4. The SMILES string of the molecule is CCCCCCCCCCCCCCCCCCOC[C@@H](COc1cc(F)cc(C#N)c1)COP(=O)(O)OC[C@@]1(C)OC[C@](O)(c2ccc3c(N)ncnn23)[C@@H]1O. The third-order valence-corrected chi connectivity index (χ3v) is 11.5. The largest absolute Gasteiger partial charge is 0.493 e. The van der Waals surface area contributed by atoms with Crippen molar-refractivity contribution < 1.29 is 47.3 Å². The number of hydrogen-bond donors (Lipinski definition) is 4. The fraction of sp³-hybridized carbons (Fsp3) is 0.683. The van der Waals surface area contributed by atoms with Gasteiger partial charge in [0.1, 0.15) is 35.1 Å². The maximum atomic E-state index is 14.0. The summed E-state index contributed by atoms with van der Waals surface area (Å²) in [6.45, 7) is 2.91. The number of halogens is 1. The van der Waals surface area contributed by atoms with E-state index < -0.39 is 43.5 Å². The van der Waals surface area contributed by atoms with Gasteiger partial charge in [-0.05, 0) is 37.6 Å². The van der Waals surface area contributed by atoms with Crippen LogP contribution >= 0.6 is 7.82 Å². The number of aromatic nitrogens is 3. The highest BCUT2D eigenvalue weighted by Gasteiger charge is 2.58. The molecule has 1 aliphatic rings. The van der Waals surface area contributed by atoms with E-state index in [-0.39, 0.29) is 49.3 Å². The van der Waals surface area contributed by atoms with E-state index in [0.717, 1.165) is 31.4 Å². The first-order chi connectivity index (χ1) is 27.4. The molecule has 1 unspecified atom stereocenters. The number of ether oxygens (including phenoxy) is 3. The molecule has 3 aromatic rings. The number of phosphoric acid groups is 1. The summed E-state index contributed by atoms with van der Waals surface area (Å²) in [5.41, 5.74) is 3.04. The lowest BCUT2D eigenvalue weighted by molar-refractivity contribution is -0.0998. The fourth-order valence-corrected chi connectivity index (χ4v) is 7.96. The van der Waals surface area contributed by atoms with E-state index >= 15 is 0 Å². The minimum absolute atomic E-state index is 0.0702. The molecule has 318 valence electrons. The number of fused-ring (bicyclic) bond motifs is 1. The number of aliphatic hydroxyl groups is 2.